The summed E-state index contributed by atoms with van der Waals surface area (Å²) in [5.74, 6) is 1.40. The molecule has 1 aliphatic heterocycles. The average molecular weight is 393 g/mol. The molecule has 2 aromatic rings. The molecule has 2 aromatic heterocycles. The van der Waals surface area contributed by atoms with Crippen molar-refractivity contribution in [1.29, 1.82) is 0 Å². The fourth-order valence-electron chi connectivity index (χ4n) is 4.24. The van der Waals surface area contributed by atoms with Crippen molar-refractivity contribution in [3.63, 3.8) is 0 Å². The summed E-state index contributed by atoms with van der Waals surface area (Å²) in [7, 11) is 0. The maximum absolute atomic E-state index is 13.6. The zero-order valence-corrected chi connectivity index (χ0v) is 17.5. The Morgan fingerprint density at radius 3 is 2.77 bits per heavy atom. The van der Waals surface area contributed by atoms with E-state index in [1.165, 1.54) is 29.7 Å². The van der Waals surface area contributed by atoms with Crippen LogP contribution in [0.5, 0.6) is 0 Å². The third-order valence-corrected chi connectivity index (χ3v) is 7.63. The number of hydrogen-bond acceptors (Lipinski definition) is 5. The largest absolute Gasteiger partial charge is 0.372 e. The fraction of sp³-hybridized carbons (Fsp3) is 0.700. The van der Waals surface area contributed by atoms with Gasteiger partial charge in [-0.1, -0.05) is 51.8 Å². The third kappa shape index (κ3) is 3.25. The van der Waals surface area contributed by atoms with E-state index in [4.69, 9.17) is 9.72 Å². The lowest BCUT2D eigenvalue weighted by Crippen LogP contribution is -2.31. The molecule has 1 unspecified atom stereocenters. The minimum absolute atomic E-state index is 0.194. The average Bonchev–Trinajstić information content (AvgIpc) is 3.00. The molecule has 1 fully saturated rings. The topological polar surface area (TPSA) is 44.1 Å². The molecule has 0 radical (unpaired) electrons. The number of thiophene rings is 1. The van der Waals surface area contributed by atoms with E-state index in [-0.39, 0.29) is 11.7 Å². The summed E-state index contributed by atoms with van der Waals surface area (Å²) in [6.07, 6.45) is 6.98. The van der Waals surface area contributed by atoms with Crippen LogP contribution in [0.1, 0.15) is 69.4 Å². The third-order valence-electron chi connectivity index (χ3n) is 5.70. The van der Waals surface area contributed by atoms with E-state index in [1.54, 1.807) is 23.1 Å². The number of fused-ring (bicyclic) bond motifs is 3. The van der Waals surface area contributed by atoms with E-state index >= 15 is 0 Å². The molecule has 0 N–H and O–H groups in total. The number of nitrogens with zero attached hydrogens (tertiary/aromatic N) is 2. The highest BCUT2D eigenvalue weighted by atomic mass is 32.2. The molecule has 1 atom stereocenters. The molecule has 142 valence electrons. The first kappa shape index (κ1) is 18.5. The Hall–Kier alpha value is -0.850. The van der Waals surface area contributed by atoms with Crippen LogP contribution in [-0.4, -0.2) is 21.4 Å². The first-order valence-corrected chi connectivity index (χ1v) is 11.7. The maximum atomic E-state index is 13.6. The van der Waals surface area contributed by atoms with Crippen molar-refractivity contribution in [2.24, 2.45) is 5.92 Å². The van der Waals surface area contributed by atoms with Crippen LogP contribution in [-0.2, 0) is 17.8 Å². The first-order valence-electron chi connectivity index (χ1n) is 9.91. The highest BCUT2D eigenvalue weighted by Crippen LogP contribution is 2.37. The standard InChI is InChI=1S/C20H28N2O2S2/c1-4-25-20-21-18-17(19(23)22(20)13-8-6-5-7-9-13)14-10-15(12(2)3)24-11-16(14)26-18/h12-13,15H,4-11H2,1-3H3. The van der Waals surface area contributed by atoms with Gasteiger partial charge in [0.25, 0.3) is 5.56 Å². The molecule has 3 heterocycles. The number of thioether (sulfide) groups is 1. The summed E-state index contributed by atoms with van der Waals surface area (Å²) in [5.41, 5.74) is 1.41. The van der Waals surface area contributed by atoms with Gasteiger partial charge in [0.05, 0.1) is 18.1 Å². The molecule has 0 bridgehead atoms. The van der Waals surface area contributed by atoms with Gasteiger partial charge in [-0.2, -0.15) is 0 Å². The minimum Gasteiger partial charge on any atom is -0.372 e. The quantitative estimate of drug-likeness (QED) is 0.532. The van der Waals surface area contributed by atoms with Crippen LogP contribution in [0.4, 0.5) is 0 Å². The highest BCUT2D eigenvalue weighted by Gasteiger charge is 2.30. The van der Waals surface area contributed by atoms with Gasteiger partial charge in [-0.25, -0.2) is 4.98 Å². The second-order valence-corrected chi connectivity index (χ2v) is 10.1. The van der Waals surface area contributed by atoms with Crippen molar-refractivity contribution in [3.8, 4) is 0 Å². The van der Waals surface area contributed by atoms with Gasteiger partial charge in [0.2, 0.25) is 0 Å². The van der Waals surface area contributed by atoms with Crippen LogP contribution >= 0.6 is 23.1 Å². The molecule has 1 aliphatic carbocycles. The molecule has 4 rings (SSSR count). The fourth-order valence-corrected chi connectivity index (χ4v) is 6.20. The van der Waals surface area contributed by atoms with Crippen LogP contribution in [0.2, 0.25) is 0 Å². The first-order chi connectivity index (χ1) is 12.6. The second kappa shape index (κ2) is 7.64. The molecule has 2 aliphatic rings. The van der Waals surface area contributed by atoms with E-state index in [0.29, 0.717) is 18.6 Å². The van der Waals surface area contributed by atoms with Gasteiger partial charge < -0.3 is 4.74 Å². The molecule has 0 amide bonds. The molecule has 0 spiro atoms. The lowest BCUT2D eigenvalue weighted by Gasteiger charge is -2.27. The molecule has 1 saturated carbocycles. The van der Waals surface area contributed by atoms with Crippen LogP contribution in [0.15, 0.2) is 9.95 Å². The van der Waals surface area contributed by atoms with Gasteiger partial charge in [-0.05, 0) is 30.1 Å². The summed E-state index contributed by atoms with van der Waals surface area (Å²) >= 11 is 3.36. The predicted octanol–water partition coefficient (Wildman–Crippen LogP) is 5.17. The Bertz CT molecular complexity index is 850. The van der Waals surface area contributed by atoms with Crippen LogP contribution < -0.4 is 5.56 Å². The van der Waals surface area contributed by atoms with Crippen molar-refractivity contribution in [2.45, 2.75) is 83.2 Å². The van der Waals surface area contributed by atoms with Crippen LogP contribution in [0.25, 0.3) is 10.2 Å². The van der Waals surface area contributed by atoms with Crippen molar-refractivity contribution < 1.29 is 4.74 Å². The SMILES string of the molecule is CCSc1nc2sc3c(c2c(=O)n1C1CCCCC1)CC(C(C)C)OC3. The molecular formula is C20H28N2O2S2. The Morgan fingerprint density at radius 2 is 2.08 bits per heavy atom. The van der Waals surface area contributed by atoms with Crippen molar-refractivity contribution in [3.05, 3.63) is 20.8 Å². The van der Waals surface area contributed by atoms with Gasteiger partial charge in [0.15, 0.2) is 5.16 Å². The van der Waals surface area contributed by atoms with E-state index in [1.807, 2.05) is 4.57 Å². The van der Waals surface area contributed by atoms with Crippen molar-refractivity contribution in [2.75, 3.05) is 5.75 Å². The zero-order chi connectivity index (χ0) is 18.3. The monoisotopic (exact) mass is 392 g/mol. The summed E-state index contributed by atoms with van der Waals surface area (Å²) in [6, 6.07) is 0.318. The van der Waals surface area contributed by atoms with E-state index in [0.717, 1.165) is 40.4 Å². The van der Waals surface area contributed by atoms with E-state index < -0.39 is 0 Å². The summed E-state index contributed by atoms with van der Waals surface area (Å²) in [4.78, 5) is 20.7. The minimum atomic E-state index is 0.194. The lowest BCUT2D eigenvalue weighted by molar-refractivity contribution is 0.00200. The normalized spacial score (nSPS) is 21.5. The second-order valence-electron chi connectivity index (χ2n) is 7.78. The van der Waals surface area contributed by atoms with Gasteiger partial charge in [-0.3, -0.25) is 9.36 Å². The summed E-state index contributed by atoms with van der Waals surface area (Å²) in [5, 5.41) is 1.79. The van der Waals surface area contributed by atoms with E-state index in [2.05, 4.69) is 20.8 Å². The molecule has 6 heteroatoms. The van der Waals surface area contributed by atoms with Gasteiger partial charge in [0.1, 0.15) is 4.83 Å². The Balaban J connectivity index is 1.87. The smallest absolute Gasteiger partial charge is 0.263 e. The summed E-state index contributed by atoms with van der Waals surface area (Å²) < 4.78 is 8.07. The van der Waals surface area contributed by atoms with Gasteiger partial charge >= 0.3 is 0 Å². The van der Waals surface area contributed by atoms with E-state index in [9.17, 15) is 4.79 Å². The maximum Gasteiger partial charge on any atom is 0.263 e. The number of rotatable bonds is 4. The van der Waals surface area contributed by atoms with Gasteiger partial charge in [0, 0.05) is 17.3 Å². The number of ether oxygens (including phenoxy) is 1. The number of aromatic nitrogens is 2. The highest BCUT2D eigenvalue weighted by molar-refractivity contribution is 7.99. The Labute approximate surface area is 163 Å². The Morgan fingerprint density at radius 1 is 1.31 bits per heavy atom. The molecule has 0 aromatic carbocycles. The molecule has 26 heavy (non-hydrogen) atoms. The van der Waals surface area contributed by atoms with Crippen molar-refractivity contribution >= 4 is 33.3 Å². The molecule has 0 saturated heterocycles. The van der Waals surface area contributed by atoms with Gasteiger partial charge in [-0.15, -0.1) is 11.3 Å². The zero-order valence-electron chi connectivity index (χ0n) is 15.9. The number of hydrogen-bond donors (Lipinski definition) is 0. The lowest BCUT2D eigenvalue weighted by atomic mass is 9.94. The molecule has 4 nitrogen and oxygen atoms in total. The van der Waals surface area contributed by atoms with Crippen LogP contribution in [0.3, 0.4) is 0 Å². The Kier molecular flexibility index (Phi) is 5.44. The van der Waals surface area contributed by atoms with Crippen LogP contribution in [0, 0.1) is 5.92 Å². The molecular weight excluding hydrogens is 364 g/mol. The van der Waals surface area contributed by atoms with Crippen molar-refractivity contribution in [1.82, 2.24) is 9.55 Å². The predicted molar refractivity (Wildman–Crippen MR) is 110 cm³/mol. The summed E-state index contributed by atoms with van der Waals surface area (Å²) in [6.45, 7) is 7.14.